The van der Waals surface area contributed by atoms with Crippen LogP contribution in [0.2, 0.25) is 0 Å². The van der Waals surface area contributed by atoms with Crippen molar-refractivity contribution in [1.82, 2.24) is 9.97 Å². The Labute approximate surface area is 183 Å². The number of rotatable bonds is 3. The van der Waals surface area contributed by atoms with Gasteiger partial charge in [0.05, 0.1) is 5.56 Å². The minimum atomic E-state index is -5.08. The maximum absolute atomic E-state index is 12.7. The first kappa shape index (κ1) is 23.3. The Morgan fingerprint density at radius 2 is 1.73 bits per heavy atom. The molecule has 12 heteroatoms. The number of H-pyrrole nitrogens is 1. The zero-order valence-corrected chi connectivity index (χ0v) is 16.7. The van der Waals surface area contributed by atoms with Crippen LogP contribution in [0, 0.1) is 0 Å². The molecule has 172 valence electrons. The number of hydrogen-bond acceptors (Lipinski definition) is 6. The molecule has 1 aliphatic rings. The van der Waals surface area contributed by atoms with Crippen LogP contribution in [0.15, 0.2) is 59.8 Å². The number of para-hydroxylation sites is 1. The molecule has 9 nitrogen and oxygen atoms in total. The Morgan fingerprint density at radius 3 is 2.39 bits per heavy atom. The quantitative estimate of drug-likeness (QED) is 0.544. The van der Waals surface area contributed by atoms with Crippen molar-refractivity contribution in [1.29, 1.82) is 0 Å². The molecule has 0 bridgehead atoms. The monoisotopic (exact) mass is 463 g/mol. The van der Waals surface area contributed by atoms with Crippen LogP contribution in [-0.4, -0.2) is 46.3 Å². The maximum atomic E-state index is 12.7. The van der Waals surface area contributed by atoms with Gasteiger partial charge in [-0.15, -0.1) is 0 Å². The van der Waals surface area contributed by atoms with E-state index in [9.17, 15) is 22.8 Å². The lowest BCUT2D eigenvalue weighted by Crippen LogP contribution is -2.22. The molecule has 1 aromatic carbocycles. The van der Waals surface area contributed by atoms with Crippen molar-refractivity contribution in [3.05, 3.63) is 70.9 Å². The second kappa shape index (κ2) is 9.85. The number of carbonyl (C=O) groups is 2. The molecule has 4 rings (SSSR count). The molecule has 1 amide bonds. The van der Waals surface area contributed by atoms with Gasteiger partial charge in [0, 0.05) is 24.2 Å². The van der Waals surface area contributed by atoms with Crippen LogP contribution < -0.4 is 20.3 Å². The number of pyridine rings is 2. The molecule has 33 heavy (non-hydrogen) atoms. The topological polar surface area (TPSA) is 131 Å². The Hall–Kier alpha value is -4.35. The summed E-state index contributed by atoms with van der Waals surface area (Å²) in [7, 11) is 0. The van der Waals surface area contributed by atoms with Crippen LogP contribution in [0.3, 0.4) is 0 Å². The highest BCUT2D eigenvalue weighted by atomic mass is 19.4. The first-order valence-corrected chi connectivity index (χ1v) is 9.30. The molecule has 0 fully saturated rings. The number of alkyl halides is 3. The fraction of sp³-hybridized carbons (Fsp3) is 0.143. The minimum Gasteiger partial charge on any atom is -0.486 e. The van der Waals surface area contributed by atoms with Crippen LogP contribution in [0.4, 0.5) is 18.9 Å². The minimum absolute atomic E-state index is 0.152. The molecule has 0 saturated heterocycles. The first-order chi connectivity index (χ1) is 15.7. The SMILES string of the molecule is O=C(Nc1cc(-c2ccncc2)c[nH]c1=O)c1cccc2c1OCCO2.O=C(O)C(F)(F)F. The van der Waals surface area contributed by atoms with Gasteiger partial charge in [-0.25, -0.2) is 4.79 Å². The Morgan fingerprint density at radius 1 is 1.06 bits per heavy atom. The summed E-state index contributed by atoms with van der Waals surface area (Å²) in [6.07, 6.45) is -0.173. The maximum Gasteiger partial charge on any atom is 0.490 e. The fourth-order valence-electron chi connectivity index (χ4n) is 2.73. The van der Waals surface area contributed by atoms with Crippen molar-refractivity contribution in [2.24, 2.45) is 0 Å². The van der Waals surface area contributed by atoms with Crippen LogP contribution in [0.1, 0.15) is 10.4 Å². The molecule has 0 saturated carbocycles. The smallest absolute Gasteiger partial charge is 0.486 e. The van der Waals surface area contributed by atoms with Gasteiger partial charge in [0.2, 0.25) is 0 Å². The van der Waals surface area contributed by atoms with Gasteiger partial charge in [-0.1, -0.05) is 6.07 Å². The number of amides is 1. The lowest BCUT2D eigenvalue weighted by molar-refractivity contribution is -0.192. The van der Waals surface area contributed by atoms with Crippen LogP contribution in [-0.2, 0) is 4.79 Å². The number of aromatic nitrogens is 2. The highest BCUT2D eigenvalue weighted by Gasteiger charge is 2.38. The summed E-state index contributed by atoms with van der Waals surface area (Å²) in [6, 6.07) is 10.3. The number of ether oxygens (including phenoxy) is 2. The number of aromatic amines is 1. The molecular formula is C21H16F3N3O6. The van der Waals surface area contributed by atoms with Crippen molar-refractivity contribution >= 4 is 17.6 Å². The third-order valence-electron chi connectivity index (χ3n) is 4.22. The number of halogens is 3. The lowest BCUT2D eigenvalue weighted by Gasteiger charge is -2.20. The Kier molecular flexibility index (Phi) is 6.96. The van der Waals surface area contributed by atoms with E-state index in [-0.39, 0.29) is 5.69 Å². The number of fused-ring (bicyclic) bond motifs is 1. The highest BCUT2D eigenvalue weighted by molar-refractivity contribution is 6.06. The number of hydrogen-bond donors (Lipinski definition) is 3. The van der Waals surface area contributed by atoms with E-state index >= 15 is 0 Å². The molecule has 0 radical (unpaired) electrons. The third-order valence-corrected chi connectivity index (χ3v) is 4.22. The molecular weight excluding hydrogens is 447 g/mol. The normalized spacial score (nSPS) is 12.2. The number of carboxylic acid groups (broad SMARTS) is 1. The molecule has 3 N–H and O–H groups in total. The van der Waals surface area contributed by atoms with Gasteiger partial charge in [0.1, 0.15) is 18.9 Å². The van der Waals surface area contributed by atoms with E-state index in [2.05, 4.69) is 15.3 Å². The Balaban J connectivity index is 0.000000383. The summed E-state index contributed by atoms with van der Waals surface area (Å²) in [6.45, 7) is 0.807. The van der Waals surface area contributed by atoms with E-state index in [0.717, 1.165) is 11.1 Å². The van der Waals surface area contributed by atoms with Crippen molar-refractivity contribution in [2.45, 2.75) is 6.18 Å². The van der Waals surface area contributed by atoms with Gasteiger partial charge in [-0.2, -0.15) is 13.2 Å². The largest absolute Gasteiger partial charge is 0.490 e. The summed E-state index contributed by atoms with van der Waals surface area (Å²) in [4.78, 5) is 40.3. The van der Waals surface area contributed by atoms with Crippen molar-refractivity contribution < 1.29 is 37.3 Å². The second-order valence-corrected chi connectivity index (χ2v) is 6.45. The number of nitrogens with one attached hydrogen (secondary N) is 2. The van der Waals surface area contributed by atoms with E-state index in [4.69, 9.17) is 19.4 Å². The molecule has 0 spiro atoms. The van der Waals surface area contributed by atoms with Gasteiger partial charge < -0.3 is 24.9 Å². The second-order valence-electron chi connectivity index (χ2n) is 6.45. The number of carboxylic acids is 1. The number of nitrogens with zero attached hydrogens (tertiary/aromatic N) is 1. The number of benzene rings is 1. The van der Waals surface area contributed by atoms with Crippen molar-refractivity contribution in [3.8, 4) is 22.6 Å². The van der Waals surface area contributed by atoms with Gasteiger partial charge in [-0.05, 0) is 35.9 Å². The molecule has 0 atom stereocenters. The number of aliphatic carboxylic acids is 1. The van der Waals surface area contributed by atoms with E-state index in [0.29, 0.717) is 30.3 Å². The molecule has 2 aromatic heterocycles. The van der Waals surface area contributed by atoms with Crippen LogP contribution in [0.25, 0.3) is 11.1 Å². The van der Waals surface area contributed by atoms with E-state index in [1.54, 1.807) is 42.9 Å². The van der Waals surface area contributed by atoms with Gasteiger partial charge in [-0.3, -0.25) is 14.6 Å². The third kappa shape index (κ3) is 5.87. The van der Waals surface area contributed by atoms with E-state index in [1.807, 2.05) is 12.1 Å². The number of carbonyl (C=O) groups excluding carboxylic acids is 1. The van der Waals surface area contributed by atoms with Crippen molar-refractivity contribution in [2.75, 3.05) is 18.5 Å². The molecule has 1 aliphatic heterocycles. The summed E-state index contributed by atoms with van der Waals surface area (Å²) in [5.74, 6) is -2.29. The average molecular weight is 463 g/mol. The molecule has 3 heterocycles. The average Bonchev–Trinajstić information content (AvgIpc) is 2.80. The summed E-state index contributed by atoms with van der Waals surface area (Å²) < 4.78 is 42.8. The zero-order valence-electron chi connectivity index (χ0n) is 16.7. The standard InChI is InChI=1S/C19H15N3O4.C2HF3O2/c23-18(14-2-1-3-16-17(14)26-9-8-25-16)22-15-10-13(11-21-19(15)24)12-4-6-20-7-5-12;3-2(4,5)1(6)7/h1-7,10-11H,8-9H2,(H,21,24)(H,22,23);(H,6,7). The highest BCUT2D eigenvalue weighted by Crippen LogP contribution is 2.34. The van der Waals surface area contributed by atoms with Gasteiger partial charge in [0.25, 0.3) is 11.5 Å². The summed E-state index contributed by atoms with van der Waals surface area (Å²) in [5.41, 5.74) is 1.71. The van der Waals surface area contributed by atoms with Crippen LogP contribution in [0.5, 0.6) is 11.5 Å². The molecule has 3 aromatic rings. The van der Waals surface area contributed by atoms with Crippen LogP contribution >= 0.6 is 0 Å². The van der Waals surface area contributed by atoms with Crippen molar-refractivity contribution in [3.63, 3.8) is 0 Å². The Bertz CT molecular complexity index is 1210. The predicted octanol–water partition coefficient (Wildman–Crippen LogP) is 3.09. The van der Waals surface area contributed by atoms with E-state index in [1.165, 1.54) is 0 Å². The molecule has 0 unspecified atom stereocenters. The summed E-state index contributed by atoms with van der Waals surface area (Å²) in [5, 5.41) is 9.78. The zero-order chi connectivity index (χ0) is 24.0. The first-order valence-electron chi connectivity index (χ1n) is 9.30. The summed E-state index contributed by atoms with van der Waals surface area (Å²) >= 11 is 0. The van der Waals surface area contributed by atoms with Gasteiger partial charge >= 0.3 is 12.1 Å². The lowest BCUT2D eigenvalue weighted by atomic mass is 10.1. The molecule has 0 aliphatic carbocycles. The fourth-order valence-corrected chi connectivity index (χ4v) is 2.73. The van der Waals surface area contributed by atoms with E-state index < -0.39 is 23.6 Å². The number of anilines is 1. The van der Waals surface area contributed by atoms with Gasteiger partial charge in [0.15, 0.2) is 11.5 Å². The predicted molar refractivity (Wildman–Crippen MR) is 109 cm³/mol.